The van der Waals surface area contributed by atoms with Crippen LogP contribution in [0.3, 0.4) is 0 Å². The van der Waals surface area contributed by atoms with Gasteiger partial charge in [0.2, 0.25) is 0 Å². The Labute approximate surface area is 162 Å². The molecule has 1 saturated heterocycles. The van der Waals surface area contributed by atoms with Crippen LogP contribution in [0.25, 0.3) is 10.9 Å². The molecule has 1 fully saturated rings. The van der Waals surface area contributed by atoms with Crippen LogP contribution < -0.4 is 10.6 Å². The molecule has 8 nitrogen and oxygen atoms in total. The number of benzene rings is 1. The second-order valence-electron chi connectivity index (χ2n) is 7.65. The van der Waals surface area contributed by atoms with Gasteiger partial charge in [-0.15, -0.1) is 0 Å². The zero-order valence-corrected chi connectivity index (χ0v) is 16.0. The molecule has 0 bridgehead atoms. The van der Waals surface area contributed by atoms with Gasteiger partial charge in [0.15, 0.2) is 5.60 Å². The van der Waals surface area contributed by atoms with Crippen LogP contribution in [0, 0.1) is 0 Å². The number of nitrogens with one attached hydrogen (secondary N) is 3. The zero-order valence-electron chi connectivity index (χ0n) is 16.0. The number of hydrogen-bond donors (Lipinski definition) is 3. The van der Waals surface area contributed by atoms with Crippen LogP contribution in [0.1, 0.15) is 37.0 Å². The van der Waals surface area contributed by atoms with Crippen molar-refractivity contribution in [3.05, 3.63) is 36.0 Å². The summed E-state index contributed by atoms with van der Waals surface area (Å²) in [6.45, 7) is 4.56. The molecule has 1 aromatic carbocycles. The highest BCUT2D eigenvalue weighted by Gasteiger charge is 2.50. The Balaban J connectivity index is 1.48. The Hall–Kier alpha value is -2.87. The van der Waals surface area contributed by atoms with E-state index in [1.54, 1.807) is 6.07 Å². The van der Waals surface area contributed by atoms with Crippen molar-refractivity contribution in [2.24, 2.45) is 5.16 Å². The summed E-state index contributed by atoms with van der Waals surface area (Å²) >= 11 is 0. The van der Waals surface area contributed by atoms with Gasteiger partial charge in [0, 0.05) is 41.7 Å². The number of amides is 2. The van der Waals surface area contributed by atoms with Crippen molar-refractivity contribution >= 4 is 28.4 Å². The quantitative estimate of drug-likeness (QED) is 0.746. The van der Waals surface area contributed by atoms with Gasteiger partial charge in [0.25, 0.3) is 11.8 Å². The molecule has 0 unspecified atom stereocenters. The molecule has 0 aliphatic carbocycles. The Kier molecular flexibility index (Phi) is 4.80. The summed E-state index contributed by atoms with van der Waals surface area (Å²) in [7, 11) is 0. The van der Waals surface area contributed by atoms with Crippen molar-refractivity contribution in [3.63, 3.8) is 0 Å². The minimum absolute atomic E-state index is 0.00760. The lowest BCUT2D eigenvalue weighted by Crippen LogP contribution is -2.59. The molecule has 0 saturated carbocycles. The Morgan fingerprint density at radius 3 is 2.96 bits per heavy atom. The molecular formula is C20H24N4O4. The van der Waals surface area contributed by atoms with Crippen molar-refractivity contribution in [2.45, 2.75) is 44.4 Å². The first-order valence-corrected chi connectivity index (χ1v) is 9.48. The van der Waals surface area contributed by atoms with E-state index in [9.17, 15) is 9.59 Å². The summed E-state index contributed by atoms with van der Waals surface area (Å²) in [5.74, 6) is -0.432. The van der Waals surface area contributed by atoms with E-state index in [2.05, 4.69) is 20.8 Å². The number of carbonyl (C=O) groups is 2. The molecule has 3 heterocycles. The lowest BCUT2D eigenvalue weighted by Gasteiger charge is -2.38. The molecule has 2 amide bonds. The first-order valence-electron chi connectivity index (χ1n) is 9.48. The van der Waals surface area contributed by atoms with Gasteiger partial charge in [0.1, 0.15) is 5.71 Å². The number of aromatic amines is 1. The molecule has 1 aromatic heterocycles. The second kappa shape index (κ2) is 7.27. The number of carbonyl (C=O) groups excluding carboxylic acids is 2. The first kappa shape index (κ1) is 18.5. The van der Waals surface area contributed by atoms with E-state index in [-0.39, 0.29) is 30.5 Å². The molecule has 28 heavy (non-hydrogen) atoms. The average Bonchev–Trinajstić information content (AvgIpc) is 3.30. The lowest BCUT2D eigenvalue weighted by atomic mass is 9.85. The fourth-order valence-corrected chi connectivity index (χ4v) is 3.67. The molecular weight excluding hydrogens is 360 g/mol. The van der Waals surface area contributed by atoms with Gasteiger partial charge in [-0.2, -0.15) is 0 Å². The van der Waals surface area contributed by atoms with Gasteiger partial charge in [-0.25, -0.2) is 0 Å². The fourth-order valence-electron chi connectivity index (χ4n) is 3.67. The number of hydrogen-bond acceptors (Lipinski definition) is 5. The SMILES string of the molecule is CC(C)NC(=O)C1=NO[C@@]2(COCC[C@@H]2NC(=O)c2ccc3[nH]ccc3c2)C1. The van der Waals surface area contributed by atoms with Crippen molar-refractivity contribution < 1.29 is 19.2 Å². The van der Waals surface area contributed by atoms with Gasteiger partial charge in [-0.05, 0) is 44.5 Å². The maximum absolute atomic E-state index is 12.8. The maximum atomic E-state index is 12.8. The molecule has 2 aliphatic heterocycles. The monoisotopic (exact) mass is 384 g/mol. The summed E-state index contributed by atoms with van der Waals surface area (Å²) in [5.41, 5.74) is 1.03. The van der Waals surface area contributed by atoms with Crippen molar-refractivity contribution in [1.29, 1.82) is 0 Å². The summed E-state index contributed by atoms with van der Waals surface area (Å²) in [6.07, 6.45) is 2.73. The highest BCUT2D eigenvalue weighted by atomic mass is 16.7. The number of aromatic nitrogens is 1. The molecule has 2 aliphatic rings. The third-order valence-electron chi connectivity index (χ3n) is 5.14. The predicted octanol–water partition coefficient (Wildman–Crippen LogP) is 1.73. The number of ether oxygens (including phenoxy) is 1. The largest absolute Gasteiger partial charge is 0.384 e. The normalized spacial score (nSPS) is 24.2. The smallest absolute Gasteiger partial charge is 0.269 e. The number of H-pyrrole nitrogens is 1. The first-order chi connectivity index (χ1) is 13.5. The molecule has 1 spiro atoms. The third-order valence-corrected chi connectivity index (χ3v) is 5.14. The summed E-state index contributed by atoms with van der Waals surface area (Å²) in [4.78, 5) is 33.9. The van der Waals surface area contributed by atoms with Crippen molar-refractivity contribution in [2.75, 3.05) is 13.2 Å². The number of rotatable bonds is 4. The topological polar surface area (TPSA) is 105 Å². The third kappa shape index (κ3) is 3.47. The molecule has 3 N–H and O–H groups in total. The second-order valence-corrected chi connectivity index (χ2v) is 7.65. The molecule has 148 valence electrons. The maximum Gasteiger partial charge on any atom is 0.269 e. The lowest BCUT2D eigenvalue weighted by molar-refractivity contribution is -0.128. The number of fused-ring (bicyclic) bond motifs is 1. The van der Waals surface area contributed by atoms with Crippen LogP contribution in [-0.4, -0.2) is 53.4 Å². The van der Waals surface area contributed by atoms with E-state index < -0.39 is 5.60 Å². The van der Waals surface area contributed by atoms with E-state index in [1.165, 1.54) is 0 Å². The van der Waals surface area contributed by atoms with E-state index in [1.807, 2.05) is 38.2 Å². The number of oxime groups is 1. The van der Waals surface area contributed by atoms with E-state index >= 15 is 0 Å². The van der Waals surface area contributed by atoms with Gasteiger partial charge in [-0.3, -0.25) is 9.59 Å². The Bertz CT molecular complexity index is 935. The van der Waals surface area contributed by atoms with Crippen LogP contribution in [0.15, 0.2) is 35.6 Å². The fraction of sp³-hybridized carbons (Fsp3) is 0.450. The zero-order chi connectivity index (χ0) is 19.7. The van der Waals surface area contributed by atoms with Crippen molar-refractivity contribution in [1.82, 2.24) is 15.6 Å². The van der Waals surface area contributed by atoms with E-state index in [0.29, 0.717) is 30.7 Å². The number of nitrogens with zero attached hydrogens (tertiary/aromatic N) is 1. The molecule has 0 radical (unpaired) electrons. The molecule has 2 aromatic rings. The Morgan fingerprint density at radius 2 is 2.14 bits per heavy atom. The minimum Gasteiger partial charge on any atom is -0.384 e. The van der Waals surface area contributed by atoms with Gasteiger partial charge in [0.05, 0.1) is 12.6 Å². The summed E-state index contributed by atoms with van der Waals surface area (Å²) in [6, 6.07) is 7.15. The summed E-state index contributed by atoms with van der Waals surface area (Å²) < 4.78 is 5.60. The van der Waals surface area contributed by atoms with Crippen LogP contribution >= 0.6 is 0 Å². The van der Waals surface area contributed by atoms with E-state index in [4.69, 9.17) is 9.57 Å². The van der Waals surface area contributed by atoms with Gasteiger partial charge >= 0.3 is 0 Å². The van der Waals surface area contributed by atoms with Gasteiger partial charge in [-0.1, -0.05) is 5.16 Å². The van der Waals surface area contributed by atoms with Crippen molar-refractivity contribution in [3.8, 4) is 0 Å². The van der Waals surface area contributed by atoms with Crippen LogP contribution in [0.5, 0.6) is 0 Å². The molecule has 4 rings (SSSR count). The highest BCUT2D eigenvalue weighted by molar-refractivity contribution is 6.39. The van der Waals surface area contributed by atoms with E-state index in [0.717, 1.165) is 10.9 Å². The molecule has 8 heteroatoms. The molecule has 2 atom stereocenters. The standard InChI is InChI=1S/C20H24N4O4/c1-12(2)22-19(26)16-10-20(28-24-16)11-27-8-6-17(20)23-18(25)14-3-4-15-13(9-14)5-7-21-15/h3-5,7,9,12,17,21H,6,8,10-11H2,1-2H3,(H,22,26)(H,23,25)/t17-,20+/m0/s1. The minimum atomic E-state index is -0.851. The highest BCUT2D eigenvalue weighted by Crippen LogP contribution is 2.33. The van der Waals surface area contributed by atoms with Gasteiger partial charge < -0.3 is 25.2 Å². The average molecular weight is 384 g/mol. The Morgan fingerprint density at radius 1 is 1.29 bits per heavy atom. The van der Waals surface area contributed by atoms with Crippen LogP contribution in [-0.2, 0) is 14.4 Å². The van der Waals surface area contributed by atoms with Crippen LogP contribution in [0.2, 0.25) is 0 Å². The summed E-state index contributed by atoms with van der Waals surface area (Å²) in [5, 5.41) is 10.9. The van der Waals surface area contributed by atoms with Crippen LogP contribution in [0.4, 0.5) is 0 Å². The predicted molar refractivity (Wildman–Crippen MR) is 104 cm³/mol.